The van der Waals surface area contributed by atoms with Crippen LogP contribution >= 0.6 is 11.6 Å². The Labute approximate surface area is 170 Å². The summed E-state index contributed by atoms with van der Waals surface area (Å²) < 4.78 is 5.75. The van der Waals surface area contributed by atoms with Crippen LogP contribution in [0.1, 0.15) is 32.6 Å². The van der Waals surface area contributed by atoms with Gasteiger partial charge in [-0.1, -0.05) is 37.6 Å². The largest absolute Gasteiger partial charge is 0.441 e. The van der Waals surface area contributed by atoms with Gasteiger partial charge in [0.2, 0.25) is 11.8 Å². The maximum Gasteiger partial charge on any atom is 0.223 e. The summed E-state index contributed by atoms with van der Waals surface area (Å²) in [7, 11) is 0. The predicted molar refractivity (Wildman–Crippen MR) is 108 cm³/mol. The van der Waals surface area contributed by atoms with Gasteiger partial charge in [-0.2, -0.15) is 0 Å². The number of benzene rings is 1. The Balaban J connectivity index is 1.48. The third-order valence-corrected chi connectivity index (χ3v) is 5.14. The fourth-order valence-electron chi connectivity index (χ4n) is 3.27. The third kappa shape index (κ3) is 5.13. The summed E-state index contributed by atoms with van der Waals surface area (Å²) in [4.78, 5) is 32.6. The van der Waals surface area contributed by atoms with Crippen molar-refractivity contribution in [3.63, 3.8) is 0 Å². The van der Waals surface area contributed by atoms with Crippen LogP contribution in [0.4, 0.5) is 0 Å². The molecule has 2 heterocycles. The first-order valence-electron chi connectivity index (χ1n) is 9.69. The molecule has 7 heteroatoms. The number of amides is 2. The van der Waals surface area contributed by atoms with Gasteiger partial charge < -0.3 is 14.2 Å². The number of nitrogens with zero attached hydrogens (tertiary/aromatic N) is 3. The van der Waals surface area contributed by atoms with E-state index in [-0.39, 0.29) is 11.8 Å². The fourth-order valence-corrected chi connectivity index (χ4v) is 3.50. The molecule has 150 valence electrons. The summed E-state index contributed by atoms with van der Waals surface area (Å²) >= 11 is 6.18. The minimum absolute atomic E-state index is 0.0634. The fraction of sp³-hybridized carbons (Fsp3) is 0.476. The average molecular weight is 404 g/mol. The minimum atomic E-state index is 0.0634. The monoisotopic (exact) mass is 403 g/mol. The van der Waals surface area contributed by atoms with Crippen molar-refractivity contribution in [1.29, 1.82) is 0 Å². The highest BCUT2D eigenvalue weighted by atomic mass is 35.5. The van der Waals surface area contributed by atoms with E-state index in [4.69, 9.17) is 16.0 Å². The van der Waals surface area contributed by atoms with Gasteiger partial charge in [0.25, 0.3) is 0 Å². The normalized spacial score (nSPS) is 14.6. The van der Waals surface area contributed by atoms with Gasteiger partial charge >= 0.3 is 0 Å². The van der Waals surface area contributed by atoms with Crippen molar-refractivity contribution in [1.82, 2.24) is 14.8 Å². The Morgan fingerprint density at radius 2 is 1.75 bits per heavy atom. The lowest BCUT2D eigenvalue weighted by Gasteiger charge is -2.35. The van der Waals surface area contributed by atoms with E-state index < -0.39 is 0 Å². The summed E-state index contributed by atoms with van der Waals surface area (Å²) in [5.74, 6) is 1.71. The first-order valence-corrected chi connectivity index (χ1v) is 10.1. The van der Waals surface area contributed by atoms with Gasteiger partial charge in [-0.05, 0) is 18.1 Å². The summed E-state index contributed by atoms with van der Waals surface area (Å²) in [6.07, 6.45) is 2.98. The number of aromatic nitrogens is 1. The molecule has 1 saturated heterocycles. The highest BCUT2D eigenvalue weighted by molar-refractivity contribution is 6.33. The van der Waals surface area contributed by atoms with Crippen LogP contribution in [0.15, 0.2) is 34.9 Å². The number of oxazole rings is 1. The highest BCUT2D eigenvalue weighted by Gasteiger charge is 2.24. The van der Waals surface area contributed by atoms with Crippen molar-refractivity contribution >= 4 is 23.4 Å². The van der Waals surface area contributed by atoms with Crippen molar-refractivity contribution in [2.24, 2.45) is 5.92 Å². The van der Waals surface area contributed by atoms with Gasteiger partial charge in [0.15, 0.2) is 11.7 Å². The van der Waals surface area contributed by atoms with Crippen LogP contribution in [-0.2, 0) is 16.0 Å². The smallest absolute Gasteiger partial charge is 0.223 e. The Kier molecular flexibility index (Phi) is 6.73. The van der Waals surface area contributed by atoms with Crippen molar-refractivity contribution in [2.45, 2.75) is 33.1 Å². The van der Waals surface area contributed by atoms with Crippen LogP contribution in [0.5, 0.6) is 0 Å². The van der Waals surface area contributed by atoms with Crippen molar-refractivity contribution < 1.29 is 14.0 Å². The summed E-state index contributed by atoms with van der Waals surface area (Å²) in [5.41, 5.74) is 0.788. The molecular weight excluding hydrogens is 378 g/mol. The quantitative estimate of drug-likeness (QED) is 0.738. The predicted octanol–water partition coefficient (Wildman–Crippen LogP) is 3.64. The first kappa shape index (κ1) is 20.4. The van der Waals surface area contributed by atoms with E-state index in [0.717, 1.165) is 5.56 Å². The Hall–Kier alpha value is -2.34. The van der Waals surface area contributed by atoms with Gasteiger partial charge in [0.05, 0.1) is 11.2 Å². The number of hydrogen-bond acceptors (Lipinski definition) is 4. The van der Waals surface area contributed by atoms with Crippen molar-refractivity contribution in [3.8, 4) is 11.3 Å². The Morgan fingerprint density at radius 1 is 1.11 bits per heavy atom. The lowest BCUT2D eigenvalue weighted by atomic mass is 10.1. The number of carbonyl (C=O) groups is 2. The SMILES string of the molecule is CC(C)CC(=O)N1CCN(C(=O)CCc2ncc(-c3ccccc3Cl)o2)CC1. The number of hydrogen-bond donors (Lipinski definition) is 0. The molecule has 1 fully saturated rings. The second kappa shape index (κ2) is 9.24. The van der Waals surface area contributed by atoms with Crippen LogP contribution in [0.2, 0.25) is 5.02 Å². The molecule has 0 atom stereocenters. The molecule has 0 saturated carbocycles. The lowest BCUT2D eigenvalue weighted by molar-refractivity contribution is -0.140. The zero-order valence-electron chi connectivity index (χ0n) is 16.4. The van der Waals surface area contributed by atoms with E-state index in [1.54, 1.807) is 12.3 Å². The Morgan fingerprint density at radius 3 is 2.39 bits per heavy atom. The molecule has 0 radical (unpaired) electrons. The number of rotatable bonds is 6. The van der Waals surface area contributed by atoms with Gasteiger partial charge in [-0.3, -0.25) is 9.59 Å². The van der Waals surface area contributed by atoms with Crippen LogP contribution in [0.25, 0.3) is 11.3 Å². The van der Waals surface area contributed by atoms with E-state index in [1.807, 2.05) is 41.8 Å². The molecule has 2 amide bonds. The second-order valence-electron chi connectivity index (χ2n) is 7.46. The second-order valence-corrected chi connectivity index (χ2v) is 7.86. The Bertz CT molecular complexity index is 826. The zero-order valence-corrected chi connectivity index (χ0v) is 17.1. The van der Waals surface area contributed by atoms with Crippen LogP contribution in [-0.4, -0.2) is 52.8 Å². The molecule has 0 N–H and O–H groups in total. The van der Waals surface area contributed by atoms with Crippen molar-refractivity contribution in [3.05, 3.63) is 41.4 Å². The molecule has 1 aromatic carbocycles. The topological polar surface area (TPSA) is 66.7 Å². The van der Waals surface area contributed by atoms with E-state index in [0.29, 0.717) is 68.0 Å². The number of carbonyl (C=O) groups excluding carboxylic acids is 2. The third-order valence-electron chi connectivity index (χ3n) is 4.81. The number of piperazine rings is 1. The van der Waals surface area contributed by atoms with Gasteiger partial charge in [-0.15, -0.1) is 0 Å². The van der Waals surface area contributed by atoms with Crippen LogP contribution in [0.3, 0.4) is 0 Å². The van der Waals surface area contributed by atoms with Crippen LogP contribution < -0.4 is 0 Å². The highest BCUT2D eigenvalue weighted by Crippen LogP contribution is 2.28. The summed E-state index contributed by atoms with van der Waals surface area (Å²) in [6.45, 7) is 6.45. The maximum absolute atomic E-state index is 12.5. The van der Waals surface area contributed by atoms with Gasteiger partial charge in [0.1, 0.15) is 0 Å². The molecule has 0 spiro atoms. The molecule has 0 aliphatic carbocycles. The molecule has 3 rings (SSSR count). The standard InChI is InChI=1S/C21H26ClN3O3/c1-15(2)13-21(27)25-11-9-24(10-12-25)20(26)8-7-19-23-14-18(28-19)16-5-3-4-6-17(16)22/h3-6,14-15H,7-13H2,1-2H3. The molecule has 1 aromatic heterocycles. The first-order chi connectivity index (χ1) is 13.4. The number of aryl methyl sites for hydroxylation is 1. The molecule has 0 bridgehead atoms. The van der Waals surface area contributed by atoms with Gasteiger partial charge in [0, 0.05) is 51.0 Å². The molecule has 6 nitrogen and oxygen atoms in total. The van der Waals surface area contributed by atoms with Crippen LogP contribution in [0, 0.1) is 5.92 Å². The summed E-state index contributed by atoms with van der Waals surface area (Å²) in [5, 5.41) is 0.603. The van der Waals surface area contributed by atoms with E-state index in [9.17, 15) is 9.59 Å². The van der Waals surface area contributed by atoms with Crippen molar-refractivity contribution in [2.75, 3.05) is 26.2 Å². The number of halogens is 1. The van der Waals surface area contributed by atoms with E-state index >= 15 is 0 Å². The average Bonchev–Trinajstić information content (AvgIpc) is 3.15. The van der Waals surface area contributed by atoms with E-state index in [1.165, 1.54) is 0 Å². The molecule has 28 heavy (non-hydrogen) atoms. The maximum atomic E-state index is 12.5. The zero-order chi connectivity index (χ0) is 20.1. The minimum Gasteiger partial charge on any atom is -0.441 e. The van der Waals surface area contributed by atoms with E-state index in [2.05, 4.69) is 4.98 Å². The molecule has 0 unspecified atom stereocenters. The molecular formula is C21H26ClN3O3. The molecule has 1 aliphatic rings. The molecule has 2 aromatic rings. The molecule has 1 aliphatic heterocycles. The lowest BCUT2D eigenvalue weighted by Crippen LogP contribution is -2.50. The van der Waals surface area contributed by atoms with Gasteiger partial charge in [-0.25, -0.2) is 4.98 Å². The summed E-state index contributed by atoms with van der Waals surface area (Å²) in [6, 6.07) is 7.42.